The van der Waals surface area contributed by atoms with Gasteiger partial charge in [0.25, 0.3) is 5.91 Å². The summed E-state index contributed by atoms with van der Waals surface area (Å²) < 4.78 is 5.42. The molecular weight excluding hydrogens is 505 g/mol. The Morgan fingerprint density at radius 2 is 1.97 bits per heavy atom. The summed E-state index contributed by atoms with van der Waals surface area (Å²) >= 11 is 0. The first-order valence-corrected chi connectivity index (χ1v) is 11.5. The van der Waals surface area contributed by atoms with Crippen molar-refractivity contribution in [2.24, 2.45) is 16.8 Å². The summed E-state index contributed by atoms with van der Waals surface area (Å²) in [6, 6.07) is 17.1. The van der Waals surface area contributed by atoms with Gasteiger partial charge in [-0.05, 0) is 38.3 Å². The van der Waals surface area contributed by atoms with Crippen LogP contribution in [0.3, 0.4) is 0 Å². The molecule has 1 heterocycles. The fourth-order valence-electron chi connectivity index (χ4n) is 4.80. The molecule has 1 saturated carbocycles. The van der Waals surface area contributed by atoms with E-state index in [0.717, 1.165) is 36.1 Å². The van der Waals surface area contributed by atoms with E-state index in [0.29, 0.717) is 18.7 Å². The Morgan fingerprint density at radius 1 is 1.21 bits per heavy atom. The Kier molecular flexibility index (Phi) is 9.40. The molecule has 34 heavy (non-hydrogen) atoms. The molecule has 2 aromatic carbocycles. The molecule has 8 heteroatoms. The minimum Gasteiger partial charge on any atom is -0.371 e. The topological polar surface area (TPSA) is 97.0 Å². The molecule has 4 rings (SSSR count). The standard InChI is InChI=1S/C26H31N4O3.Y/c1-17-11-12-23(18(2)13-17)30-24(19-7-4-3-5-8-19)14-22(29-30)26(32)28-21-10-6-9-20(21)15-33-16-25(27)31;/h4-5,7-8,11-13,20-21,24H,6,9-10,14-16H2,1-2H3,(H2,27,31)(H,28,32);/q-1;. The summed E-state index contributed by atoms with van der Waals surface area (Å²) in [5.41, 5.74) is 10.1. The van der Waals surface area contributed by atoms with E-state index >= 15 is 0 Å². The zero-order valence-electron chi connectivity index (χ0n) is 19.8. The van der Waals surface area contributed by atoms with Crippen molar-refractivity contribution in [1.82, 2.24) is 5.32 Å². The van der Waals surface area contributed by atoms with E-state index in [-0.39, 0.29) is 63.2 Å². The van der Waals surface area contributed by atoms with Crippen molar-refractivity contribution in [2.45, 2.75) is 51.6 Å². The monoisotopic (exact) mass is 536 g/mol. The number of hydrazone groups is 1. The van der Waals surface area contributed by atoms with Crippen molar-refractivity contribution >= 4 is 23.2 Å². The zero-order valence-corrected chi connectivity index (χ0v) is 22.6. The van der Waals surface area contributed by atoms with Crippen LogP contribution in [0.25, 0.3) is 0 Å². The number of rotatable bonds is 8. The Morgan fingerprint density at radius 3 is 2.68 bits per heavy atom. The summed E-state index contributed by atoms with van der Waals surface area (Å²) in [4.78, 5) is 24.2. The van der Waals surface area contributed by atoms with Crippen LogP contribution in [0.2, 0.25) is 0 Å². The van der Waals surface area contributed by atoms with Gasteiger partial charge >= 0.3 is 0 Å². The van der Waals surface area contributed by atoms with E-state index < -0.39 is 5.91 Å². The number of hydrogen-bond acceptors (Lipinski definition) is 5. The smallest absolute Gasteiger partial charge is 0.267 e. The number of aryl methyl sites for hydroxylation is 2. The van der Waals surface area contributed by atoms with Crippen molar-refractivity contribution in [3.05, 3.63) is 65.2 Å². The molecule has 0 aromatic heterocycles. The Bertz CT molecular complexity index is 1040. The molecular formula is C26H31N4O3Y-. The van der Waals surface area contributed by atoms with Gasteiger partial charge in [-0.3, -0.25) is 14.6 Å². The zero-order chi connectivity index (χ0) is 23.4. The van der Waals surface area contributed by atoms with Crippen molar-refractivity contribution in [2.75, 3.05) is 18.2 Å². The minimum absolute atomic E-state index is 0. The second kappa shape index (κ2) is 12.0. The third-order valence-corrected chi connectivity index (χ3v) is 6.45. The van der Waals surface area contributed by atoms with E-state index in [1.807, 2.05) is 29.3 Å². The first-order chi connectivity index (χ1) is 15.9. The molecule has 0 saturated heterocycles. The second-order valence-corrected chi connectivity index (χ2v) is 8.99. The van der Waals surface area contributed by atoms with Gasteiger partial charge in [0.1, 0.15) is 12.3 Å². The van der Waals surface area contributed by atoms with Crippen LogP contribution < -0.4 is 16.1 Å². The van der Waals surface area contributed by atoms with Gasteiger partial charge in [-0.1, -0.05) is 24.1 Å². The van der Waals surface area contributed by atoms with Gasteiger partial charge in [0.05, 0.1) is 18.3 Å². The fourth-order valence-corrected chi connectivity index (χ4v) is 4.80. The molecule has 1 fully saturated rings. The molecule has 1 radical (unpaired) electrons. The number of carbonyl (C=O) groups excluding carboxylic acids is 2. The van der Waals surface area contributed by atoms with Crippen LogP contribution in [0.4, 0.5) is 5.69 Å². The van der Waals surface area contributed by atoms with Gasteiger partial charge in [0.15, 0.2) is 0 Å². The van der Waals surface area contributed by atoms with Crippen molar-refractivity contribution in [3.63, 3.8) is 0 Å². The van der Waals surface area contributed by atoms with Crippen LogP contribution in [-0.4, -0.2) is 36.8 Å². The van der Waals surface area contributed by atoms with E-state index in [1.165, 1.54) is 5.56 Å². The molecule has 2 aromatic rings. The van der Waals surface area contributed by atoms with Crippen molar-refractivity contribution in [1.29, 1.82) is 0 Å². The number of nitrogens with one attached hydrogen (secondary N) is 1. The number of anilines is 1. The first-order valence-electron chi connectivity index (χ1n) is 11.5. The molecule has 0 spiro atoms. The van der Waals surface area contributed by atoms with Gasteiger partial charge in [-0.25, -0.2) is 0 Å². The maximum atomic E-state index is 13.2. The predicted octanol–water partition coefficient (Wildman–Crippen LogP) is 3.20. The normalized spacial score (nSPS) is 21.6. The van der Waals surface area contributed by atoms with Crippen LogP contribution >= 0.6 is 0 Å². The Hall–Kier alpha value is -2.09. The molecule has 0 bridgehead atoms. The van der Waals surface area contributed by atoms with Crippen LogP contribution in [-0.2, 0) is 47.0 Å². The summed E-state index contributed by atoms with van der Waals surface area (Å²) in [5, 5.41) is 9.95. The van der Waals surface area contributed by atoms with E-state index in [1.54, 1.807) is 0 Å². The number of nitrogens with two attached hydrogens (primary N) is 1. The average Bonchev–Trinajstić information content (AvgIpc) is 3.41. The van der Waals surface area contributed by atoms with E-state index in [2.05, 4.69) is 43.4 Å². The Balaban J connectivity index is 0.00000324. The van der Waals surface area contributed by atoms with Gasteiger partial charge in [0.2, 0.25) is 5.91 Å². The number of carbonyl (C=O) groups is 2. The third-order valence-electron chi connectivity index (χ3n) is 6.45. The van der Waals surface area contributed by atoms with Crippen LogP contribution in [0.1, 0.15) is 48.4 Å². The molecule has 3 unspecified atom stereocenters. The summed E-state index contributed by atoms with van der Waals surface area (Å²) in [6.07, 6.45) is 3.38. The third kappa shape index (κ3) is 6.32. The number of hydrogen-bond donors (Lipinski definition) is 2. The van der Waals surface area contributed by atoms with Gasteiger partial charge in [0, 0.05) is 51.1 Å². The largest absolute Gasteiger partial charge is 0.371 e. The average molecular weight is 536 g/mol. The quantitative estimate of drug-likeness (QED) is 0.507. The summed E-state index contributed by atoms with van der Waals surface area (Å²) in [6.45, 7) is 4.46. The molecule has 177 valence electrons. The number of amides is 2. The number of nitrogens with zero attached hydrogens (tertiary/aromatic N) is 2. The van der Waals surface area contributed by atoms with Crippen LogP contribution in [0, 0.1) is 25.8 Å². The molecule has 1 aliphatic carbocycles. The molecule has 3 atom stereocenters. The predicted molar refractivity (Wildman–Crippen MR) is 128 cm³/mol. The SMILES string of the molecule is Cc1ccc(N2N=C(C(=O)NC3CCCC3COCC(N)=O)CC2c2cc[c-]cc2)c(C)c1.[Y]. The minimum atomic E-state index is -0.482. The molecule has 2 aliphatic rings. The second-order valence-electron chi connectivity index (χ2n) is 8.99. The van der Waals surface area contributed by atoms with Gasteiger partial charge < -0.3 is 15.8 Å². The molecule has 2 amide bonds. The Labute approximate surface area is 226 Å². The number of benzene rings is 2. The molecule has 3 N–H and O–H groups in total. The summed E-state index contributed by atoms with van der Waals surface area (Å²) in [5.74, 6) is -0.447. The van der Waals surface area contributed by atoms with Crippen LogP contribution in [0.5, 0.6) is 0 Å². The maximum absolute atomic E-state index is 13.2. The van der Waals surface area contributed by atoms with E-state index in [4.69, 9.17) is 15.6 Å². The number of ether oxygens (including phenoxy) is 1. The van der Waals surface area contributed by atoms with E-state index in [9.17, 15) is 9.59 Å². The first kappa shape index (κ1) is 26.5. The van der Waals surface area contributed by atoms with Gasteiger partial charge in [-0.15, -0.1) is 5.56 Å². The van der Waals surface area contributed by atoms with Crippen molar-refractivity contribution < 1.29 is 47.0 Å². The molecule has 1 aliphatic heterocycles. The fraction of sp³-hybridized carbons (Fsp3) is 0.423. The molecule has 7 nitrogen and oxygen atoms in total. The van der Waals surface area contributed by atoms with Crippen LogP contribution in [0.15, 0.2) is 47.6 Å². The number of primary amides is 1. The van der Waals surface area contributed by atoms with Gasteiger partial charge in [-0.2, -0.15) is 35.4 Å². The van der Waals surface area contributed by atoms with Crippen molar-refractivity contribution in [3.8, 4) is 0 Å². The summed E-state index contributed by atoms with van der Waals surface area (Å²) in [7, 11) is 0. The maximum Gasteiger partial charge on any atom is 0.267 e.